The van der Waals surface area contributed by atoms with Crippen molar-refractivity contribution in [2.24, 2.45) is 5.92 Å². The number of anilines is 1. The molecule has 1 rings (SSSR count). The molecule has 0 unspecified atom stereocenters. The summed E-state index contributed by atoms with van der Waals surface area (Å²) >= 11 is 0. The van der Waals surface area contributed by atoms with Crippen molar-refractivity contribution in [3.63, 3.8) is 0 Å². The summed E-state index contributed by atoms with van der Waals surface area (Å²) < 4.78 is 32.3. The fraction of sp³-hybridized carbons (Fsp3) is 0.600. The summed E-state index contributed by atoms with van der Waals surface area (Å²) in [5.41, 5.74) is 0.645. The van der Waals surface area contributed by atoms with Gasteiger partial charge in [0, 0.05) is 26.7 Å². The van der Waals surface area contributed by atoms with E-state index in [0.29, 0.717) is 36.8 Å². The molecule has 0 spiro atoms. The lowest BCUT2D eigenvalue weighted by molar-refractivity contribution is 0.175. The van der Waals surface area contributed by atoms with Crippen molar-refractivity contribution in [1.82, 2.24) is 4.31 Å². The molecule has 0 radical (unpaired) electrons. The van der Waals surface area contributed by atoms with Gasteiger partial charge in [0.25, 0.3) is 0 Å². The third-order valence-electron chi connectivity index (χ3n) is 2.99. The Morgan fingerprint density at radius 2 is 1.95 bits per heavy atom. The number of hydrogen-bond donors (Lipinski definition) is 1. The van der Waals surface area contributed by atoms with Crippen LogP contribution in [0.15, 0.2) is 29.2 Å². The Morgan fingerprint density at radius 1 is 1.29 bits per heavy atom. The Morgan fingerprint density at radius 3 is 2.52 bits per heavy atom. The lowest BCUT2D eigenvalue weighted by Crippen LogP contribution is -2.37. The van der Waals surface area contributed by atoms with Gasteiger partial charge in [0.2, 0.25) is 10.0 Å². The molecule has 21 heavy (non-hydrogen) atoms. The summed E-state index contributed by atoms with van der Waals surface area (Å²) in [6.45, 7) is 7.85. The van der Waals surface area contributed by atoms with Crippen LogP contribution in [0.2, 0.25) is 0 Å². The second-order valence-electron chi connectivity index (χ2n) is 5.28. The number of nitrogens with zero attached hydrogens (tertiary/aromatic N) is 1. The summed E-state index contributed by atoms with van der Waals surface area (Å²) in [4.78, 5) is 0.323. The molecule has 1 aromatic rings. The number of ether oxygens (including phenoxy) is 1. The Hall–Kier alpha value is -1.11. The van der Waals surface area contributed by atoms with E-state index >= 15 is 0 Å². The largest absolute Gasteiger partial charge is 0.384 e. The minimum atomic E-state index is -3.53. The Kier molecular flexibility index (Phi) is 7.14. The van der Waals surface area contributed by atoms with Gasteiger partial charge in [0.05, 0.1) is 12.3 Å². The van der Waals surface area contributed by atoms with E-state index in [4.69, 9.17) is 4.74 Å². The molecule has 0 saturated carbocycles. The van der Waals surface area contributed by atoms with Crippen LogP contribution in [-0.2, 0) is 14.8 Å². The standard InChI is InChI=1S/C15H26N2O3S/c1-5-16-14-8-6-7-9-15(14)21(18,19)17(10-11-20-4)12-13(2)3/h6-9,13,16H,5,10-12H2,1-4H3. The van der Waals surface area contributed by atoms with Gasteiger partial charge < -0.3 is 10.1 Å². The molecule has 0 bridgehead atoms. The molecule has 0 saturated heterocycles. The molecule has 0 aromatic heterocycles. The summed E-state index contributed by atoms with van der Waals surface area (Å²) in [5.74, 6) is 0.253. The minimum absolute atomic E-state index is 0.253. The Labute approximate surface area is 128 Å². The lowest BCUT2D eigenvalue weighted by atomic mass is 10.2. The number of hydrogen-bond acceptors (Lipinski definition) is 4. The highest BCUT2D eigenvalue weighted by molar-refractivity contribution is 7.89. The van der Waals surface area contributed by atoms with E-state index in [1.54, 1.807) is 25.3 Å². The zero-order valence-corrected chi connectivity index (χ0v) is 14.1. The Bertz CT molecular complexity index is 529. The van der Waals surface area contributed by atoms with Crippen molar-refractivity contribution < 1.29 is 13.2 Å². The van der Waals surface area contributed by atoms with Crippen molar-refractivity contribution >= 4 is 15.7 Å². The molecule has 0 atom stereocenters. The van der Waals surface area contributed by atoms with Gasteiger partial charge in [0.15, 0.2) is 0 Å². The maximum Gasteiger partial charge on any atom is 0.245 e. The zero-order chi connectivity index (χ0) is 15.9. The normalized spacial score (nSPS) is 12.1. The van der Waals surface area contributed by atoms with Crippen LogP contribution in [0.3, 0.4) is 0 Å². The van der Waals surface area contributed by atoms with Crippen LogP contribution in [-0.4, -0.2) is 46.1 Å². The molecule has 6 heteroatoms. The topological polar surface area (TPSA) is 58.6 Å². The van der Waals surface area contributed by atoms with Crippen molar-refractivity contribution in [2.75, 3.05) is 38.7 Å². The maximum atomic E-state index is 12.9. The molecule has 1 N–H and O–H groups in total. The lowest BCUT2D eigenvalue weighted by Gasteiger charge is -2.25. The molecule has 0 heterocycles. The van der Waals surface area contributed by atoms with Crippen molar-refractivity contribution in [1.29, 1.82) is 0 Å². The molecular weight excluding hydrogens is 288 g/mol. The molecular formula is C15H26N2O3S. The number of benzene rings is 1. The second kappa shape index (κ2) is 8.36. The summed E-state index contributed by atoms with van der Waals surface area (Å²) in [5, 5.41) is 3.11. The highest BCUT2D eigenvalue weighted by Gasteiger charge is 2.27. The van der Waals surface area contributed by atoms with E-state index < -0.39 is 10.0 Å². The number of methoxy groups -OCH3 is 1. The fourth-order valence-electron chi connectivity index (χ4n) is 2.08. The molecule has 120 valence electrons. The third kappa shape index (κ3) is 4.98. The number of sulfonamides is 1. The first-order valence-corrected chi connectivity index (χ1v) is 8.69. The second-order valence-corrected chi connectivity index (χ2v) is 7.18. The molecule has 0 aliphatic rings. The van der Waals surface area contributed by atoms with Gasteiger partial charge >= 0.3 is 0 Å². The van der Waals surface area contributed by atoms with Crippen LogP contribution < -0.4 is 5.32 Å². The van der Waals surface area contributed by atoms with Crippen LogP contribution in [0, 0.1) is 5.92 Å². The molecule has 0 fully saturated rings. The van der Waals surface area contributed by atoms with Crippen molar-refractivity contribution in [2.45, 2.75) is 25.7 Å². The summed E-state index contributed by atoms with van der Waals surface area (Å²) in [6, 6.07) is 7.02. The van der Waals surface area contributed by atoms with Gasteiger partial charge in [-0.3, -0.25) is 0 Å². The van der Waals surface area contributed by atoms with Crippen molar-refractivity contribution in [3.8, 4) is 0 Å². The van der Waals surface area contributed by atoms with Crippen molar-refractivity contribution in [3.05, 3.63) is 24.3 Å². The van der Waals surface area contributed by atoms with E-state index in [-0.39, 0.29) is 5.92 Å². The average molecular weight is 314 g/mol. The molecule has 5 nitrogen and oxygen atoms in total. The van der Waals surface area contributed by atoms with Crippen LogP contribution >= 0.6 is 0 Å². The first-order valence-electron chi connectivity index (χ1n) is 7.25. The molecule has 0 aliphatic carbocycles. The van der Waals surface area contributed by atoms with Gasteiger partial charge in [-0.15, -0.1) is 0 Å². The SMILES string of the molecule is CCNc1ccccc1S(=O)(=O)N(CCOC)CC(C)C. The smallest absolute Gasteiger partial charge is 0.245 e. The molecule has 1 aromatic carbocycles. The number of rotatable bonds is 9. The van der Waals surface area contributed by atoms with Gasteiger partial charge in [-0.05, 0) is 25.0 Å². The Balaban J connectivity index is 3.15. The van der Waals surface area contributed by atoms with E-state index in [2.05, 4.69) is 5.32 Å². The quantitative estimate of drug-likeness (QED) is 0.760. The highest BCUT2D eigenvalue weighted by atomic mass is 32.2. The van der Waals surface area contributed by atoms with Gasteiger partial charge in [0.1, 0.15) is 4.90 Å². The predicted octanol–water partition coefficient (Wildman–Crippen LogP) is 2.41. The first kappa shape index (κ1) is 17.9. The number of para-hydroxylation sites is 1. The molecule has 0 amide bonds. The van der Waals surface area contributed by atoms with Crippen LogP contribution in [0.4, 0.5) is 5.69 Å². The van der Waals surface area contributed by atoms with E-state index in [1.165, 1.54) is 4.31 Å². The van der Waals surface area contributed by atoms with Crippen LogP contribution in [0.5, 0.6) is 0 Å². The third-order valence-corrected chi connectivity index (χ3v) is 4.91. The maximum absolute atomic E-state index is 12.9. The summed E-state index contributed by atoms with van der Waals surface area (Å²) in [6.07, 6.45) is 0. The van der Waals surface area contributed by atoms with Gasteiger partial charge in [-0.2, -0.15) is 4.31 Å². The zero-order valence-electron chi connectivity index (χ0n) is 13.3. The van der Waals surface area contributed by atoms with Crippen LogP contribution in [0.25, 0.3) is 0 Å². The van der Waals surface area contributed by atoms with E-state index in [1.807, 2.05) is 26.8 Å². The van der Waals surface area contributed by atoms with Gasteiger partial charge in [-0.25, -0.2) is 8.42 Å². The monoisotopic (exact) mass is 314 g/mol. The average Bonchev–Trinajstić information content (AvgIpc) is 2.43. The minimum Gasteiger partial charge on any atom is -0.384 e. The number of nitrogens with one attached hydrogen (secondary N) is 1. The fourth-order valence-corrected chi connectivity index (χ4v) is 3.83. The highest BCUT2D eigenvalue weighted by Crippen LogP contribution is 2.25. The summed E-state index contributed by atoms with van der Waals surface area (Å²) in [7, 11) is -1.95. The molecule has 0 aliphatic heterocycles. The first-order chi connectivity index (χ1) is 9.93. The predicted molar refractivity (Wildman–Crippen MR) is 86.1 cm³/mol. The van der Waals surface area contributed by atoms with Gasteiger partial charge in [-0.1, -0.05) is 26.0 Å². The van der Waals surface area contributed by atoms with Crippen LogP contribution in [0.1, 0.15) is 20.8 Å². The van der Waals surface area contributed by atoms with E-state index in [9.17, 15) is 8.42 Å². The van der Waals surface area contributed by atoms with E-state index in [0.717, 1.165) is 0 Å².